The standard InChI is InChI=1S/C9H12BrNO/c1-9(2,3)7-5-4-6(10)8(12)11-7/h4-5H,1-3H3,(H,11,12). The second-order valence-corrected chi connectivity index (χ2v) is 4.65. The molecule has 1 heterocycles. The average molecular weight is 230 g/mol. The molecule has 0 saturated heterocycles. The van der Waals surface area contributed by atoms with Crippen molar-refractivity contribution in [3.05, 3.63) is 32.7 Å². The highest BCUT2D eigenvalue weighted by Gasteiger charge is 2.14. The van der Waals surface area contributed by atoms with Crippen LogP contribution in [0.25, 0.3) is 0 Å². The molecular formula is C9H12BrNO. The van der Waals surface area contributed by atoms with Gasteiger partial charge in [-0.1, -0.05) is 20.8 Å². The minimum Gasteiger partial charge on any atom is -0.325 e. The highest BCUT2D eigenvalue weighted by Crippen LogP contribution is 2.19. The Bertz CT molecular complexity index is 335. The maximum absolute atomic E-state index is 11.2. The quantitative estimate of drug-likeness (QED) is 0.729. The lowest BCUT2D eigenvalue weighted by Crippen LogP contribution is -2.19. The molecule has 0 saturated carbocycles. The maximum Gasteiger partial charge on any atom is 0.262 e. The topological polar surface area (TPSA) is 32.9 Å². The largest absolute Gasteiger partial charge is 0.325 e. The van der Waals surface area contributed by atoms with Gasteiger partial charge in [-0.2, -0.15) is 0 Å². The van der Waals surface area contributed by atoms with Gasteiger partial charge in [0.15, 0.2) is 0 Å². The lowest BCUT2D eigenvalue weighted by atomic mass is 9.92. The van der Waals surface area contributed by atoms with Crippen LogP contribution in [0.2, 0.25) is 0 Å². The van der Waals surface area contributed by atoms with Crippen LogP contribution in [0.5, 0.6) is 0 Å². The normalized spacial score (nSPS) is 11.7. The van der Waals surface area contributed by atoms with Crippen LogP contribution in [0.15, 0.2) is 21.4 Å². The van der Waals surface area contributed by atoms with E-state index in [0.29, 0.717) is 4.47 Å². The van der Waals surface area contributed by atoms with Crippen molar-refractivity contribution < 1.29 is 0 Å². The number of pyridine rings is 1. The van der Waals surface area contributed by atoms with E-state index in [1.165, 1.54) is 0 Å². The Morgan fingerprint density at radius 2 is 1.92 bits per heavy atom. The molecule has 12 heavy (non-hydrogen) atoms. The average Bonchev–Trinajstić information content (AvgIpc) is 1.92. The van der Waals surface area contributed by atoms with Crippen LogP contribution in [-0.4, -0.2) is 4.98 Å². The molecule has 66 valence electrons. The summed E-state index contributed by atoms with van der Waals surface area (Å²) in [6.45, 7) is 6.19. The summed E-state index contributed by atoms with van der Waals surface area (Å²) in [5.41, 5.74) is 0.887. The van der Waals surface area contributed by atoms with Crippen molar-refractivity contribution in [1.29, 1.82) is 0 Å². The number of hydrogen-bond donors (Lipinski definition) is 1. The van der Waals surface area contributed by atoms with Crippen LogP contribution in [0.1, 0.15) is 26.5 Å². The summed E-state index contributed by atoms with van der Waals surface area (Å²) >= 11 is 3.15. The van der Waals surface area contributed by atoms with Crippen molar-refractivity contribution in [2.75, 3.05) is 0 Å². The van der Waals surface area contributed by atoms with Gasteiger partial charge in [-0.05, 0) is 28.1 Å². The van der Waals surface area contributed by atoms with Crippen molar-refractivity contribution in [1.82, 2.24) is 4.98 Å². The minimum atomic E-state index is -0.0672. The van der Waals surface area contributed by atoms with Crippen LogP contribution in [0, 0.1) is 0 Å². The van der Waals surface area contributed by atoms with Crippen LogP contribution < -0.4 is 5.56 Å². The third kappa shape index (κ3) is 1.97. The second kappa shape index (κ2) is 3.05. The van der Waals surface area contributed by atoms with Gasteiger partial charge in [0.05, 0.1) is 4.47 Å². The Labute approximate surface area is 80.1 Å². The summed E-state index contributed by atoms with van der Waals surface area (Å²) in [7, 11) is 0. The molecule has 1 N–H and O–H groups in total. The SMILES string of the molecule is CC(C)(C)c1ccc(Br)c(=O)[nH]1. The molecule has 0 unspecified atom stereocenters. The number of rotatable bonds is 0. The Hall–Kier alpha value is -0.570. The Morgan fingerprint density at radius 3 is 2.33 bits per heavy atom. The van der Waals surface area contributed by atoms with Crippen LogP contribution in [0.4, 0.5) is 0 Å². The van der Waals surface area contributed by atoms with E-state index in [0.717, 1.165) is 5.69 Å². The fraction of sp³-hybridized carbons (Fsp3) is 0.444. The van der Waals surface area contributed by atoms with E-state index >= 15 is 0 Å². The second-order valence-electron chi connectivity index (χ2n) is 3.80. The molecule has 0 atom stereocenters. The fourth-order valence-electron chi connectivity index (χ4n) is 0.893. The van der Waals surface area contributed by atoms with E-state index in [9.17, 15) is 4.79 Å². The summed E-state index contributed by atoms with van der Waals surface area (Å²) in [5.74, 6) is 0. The zero-order valence-corrected chi connectivity index (χ0v) is 9.03. The van der Waals surface area contributed by atoms with Gasteiger partial charge in [-0.15, -0.1) is 0 Å². The molecule has 1 rings (SSSR count). The number of H-pyrrole nitrogens is 1. The van der Waals surface area contributed by atoms with Gasteiger partial charge >= 0.3 is 0 Å². The molecular weight excluding hydrogens is 218 g/mol. The van der Waals surface area contributed by atoms with Crippen molar-refractivity contribution >= 4 is 15.9 Å². The first-order chi connectivity index (χ1) is 5.41. The first-order valence-electron chi connectivity index (χ1n) is 3.80. The third-order valence-corrected chi connectivity index (χ3v) is 2.29. The van der Waals surface area contributed by atoms with Gasteiger partial charge in [-0.3, -0.25) is 4.79 Å². The van der Waals surface area contributed by atoms with Crippen molar-refractivity contribution in [2.45, 2.75) is 26.2 Å². The molecule has 0 bridgehead atoms. The maximum atomic E-state index is 11.2. The van der Waals surface area contributed by atoms with Crippen LogP contribution in [-0.2, 0) is 5.41 Å². The summed E-state index contributed by atoms with van der Waals surface area (Å²) in [5, 5.41) is 0. The lowest BCUT2D eigenvalue weighted by Gasteiger charge is -2.17. The number of aromatic nitrogens is 1. The predicted molar refractivity (Wildman–Crippen MR) is 53.5 cm³/mol. The Balaban J connectivity index is 3.23. The number of hydrogen-bond acceptors (Lipinski definition) is 1. The lowest BCUT2D eigenvalue weighted by molar-refractivity contribution is 0.566. The van der Waals surface area contributed by atoms with E-state index in [2.05, 4.69) is 41.7 Å². The Kier molecular flexibility index (Phi) is 2.42. The highest BCUT2D eigenvalue weighted by molar-refractivity contribution is 9.10. The van der Waals surface area contributed by atoms with Gasteiger partial charge in [0, 0.05) is 11.1 Å². The van der Waals surface area contributed by atoms with E-state index < -0.39 is 0 Å². The zero-order chi connectivity index (χ0) is 9.35. The van der Waals surface area contributed by atoms with Gasteiger partial charge in [0.2, 0.25) is 0 Å². The molecule has 0 spiro atoms. The number of halogens is 1. The van der Waals surface area contributed by atoms with Crippen LogP contribution in [0.3, 0.4) is 0 Å². The molecule has 3 heteroatoms. The molecule has 0 aliphatic carbocycles. The van der Waals surface area contributed by atoms with E-state index in [1.54, 1.807) is 6.07 Å². The first kappa shape index (κ1) is 9.52. The van der Waals surface area contributed by atoms with Crippen molar-refractivity contribution in [3.8, 4) is 0 Å². The summed E-state index contributed by atoms with van der Waals surface area (Å²) in [6.07, 6.45) is 0. The van der Waals surface area contributed by atoms with E-state index in [4.69, 9.17) is 0 Å². The smallest absolute Gasteiger partial charge is 0.262 e. The number of nitrogens with one attached hydrogen (secondary N) is 1. The first-order valence-corrected chi connectivity index (χ1v) is 4.60. The molecule has 1 aromatic rings. The molecule has 0 fully saturated rings. The minimum absolute atomic E-state index is 0.000139. The van der Waals surface area contributed by atoms with E-state index in [1.807, 2.05) is 6.07 Å². The van der Waals surface area contributed by atoms with Crippen LogP contribution >= 0.6 is 15.9 Å². The molecule has 0 aliphatic heterocycles. The van der Waals surface area contributed by atoms with Gasteiger partial charge in [-0.25, -0.2) is 0 Å². The predicted octanol–water partition coefficient (Wildman–Crippen LogP) is 2.43. The molecule has 0 aromatic carbocycles. The molecule has 0 amide bonds. The Morgan fingerprint density at radius 1 is 1.33 bits per heavy atom. The van der Waals surface area contributed by atoms with Crippen molar-refractivity contribution in [3.63, 3.8) is 0 Å². The summed E-state index contributed by atoms with van der Waals surface area (Å²) < 4.78 is 0.579. The van der Waals surface area contributed by atoms with Crippen molar-refractivity contribution in [2.24, 2.45) is 0 Å². The molecule has 2 nitrogen and oxygen atoms in total. The zero-order valence-electron chi connectivity index (χ0n) is 7.44. The molecule has 0 radical (unpaired) electrons. The van der Waals surface area contributed by atoms with Gasteiger partial charge in [0.25, 0.3) is 5.56 Å². The van der Waals surface area contributed by atoms with Gasteiger partial charge < -0.3 is 4.98 Å². The highest BCUT2D eigenvalue weighted by atomic mass is 79.9. The third-order valence-electron chi connectivity index (χ3n) is 1.67. The molecule has 1 aromatic heterocycles. The monoisotopic (exact) mass is 229 g/mol. The number of aromatic amines is 1. The fourth-order valence-corrected chi connectivity index (χ4v) is 1.12. The summed E-state index contributed by atoms with van der Waals surface area (Å²) in [4.78, 5) is 14.0. The van der Waals surface area contributed by atoms with Gasteiger partial charge in [0.1, 0.15) is 0 Å². The summed E-state index contributed by atoms with van der Waals surface area (Å²) in [6, 6.07) is 3.70. The van der Waals surface area contributed by atoms with E-state index in [-0.39, 0.29) is 11.0 Å². The molecule has 0 aliphatic rings.